The summed E-state index contributed by atoms with van der Waals surface area (Å²) in [6.45, 7) is 1.41. The number of imide groups is 2. The summed E-state index contributed by atoms with van der Waals surface area (Å²) in [6, 6.07) is 4.17. The Labute approximate surface area is 168 Å². The van der Waals surface area contributed by atoms with Gasteiger partial charge in [0.25, 0.3) is 17.7 Å². The van der Waals surface area contributed by atoms with Gasteiger partial charge in [0, 0.05) is 27.2 Å². The van der Waals surface area contributed by atoms with Crippen LogP contribution in [0, 0.1) is 0 Å². The normalized spacial score (nSPS) is 17.1. The Balaban J connectivity index is 1.78. The van der Waals surface area contributed by atoms with Crippen molar-refractivity contribution in [1.29, 1.82) is 0 Å². The lowest BCUT2D eigenvalue weighted by molar-refractivity contribution is -0.134. The minimum absolute atomic E-state index is 0.0788. The number of amides is 5. The van der Waals surface area contributed by atoms with Gasteiger partial charge in [-0.15, -0.1) is 0 Å². The van der Waals surface area contributed by atoms with E-state index in [0.29, 0.717) is 17.1 Å². The largest absolute Gasteiger partial charge is 0.493 e. The number of likely N-dealkylation sites (tertiary alicyclic amines) is 1. The van der Waals surface area contributed by atoms with Gasteiger partial charge in [-0.1, -0.05) is 6.07 Å². The number of nitrogens with zero attached hydrogens (tertiary/aromatic N) is 3. The molecule has 5 amide bonds. The van der Waals surface area contributed by atoms with Crippen molar-refractivity contribution in [1.82, 2.24) is 14.7 Å². The van der Waals surface area contributed by atoms with Crippen molar-refractivity contribution in [3.05, 3.63) is 29.3 Å². The van der Waals surface area contributed by atoms with Crippen molar-refractivity contribution in [3.63, 3.8) is 0 Å². The van der Waals surface area contributed by atoms with Crippen molar-refractivity contribution in [2.45, 2.75) is 12.8 Å². The first-order chi connectivity index (χ1) is 13.8. The standard InChI is InChI=1S/C20H23N3O6/c1-21-18(25)14(19(26)22(2)20(21)27)10-13-6-7-15(16(11-13)28-3)29-12-17(24)23-8-4-5-9-23/h6-7,10-11H,4-5,8-9,12H2,1-3H3. The second-order valence-corrected chi connectivity index (χ2v) is 6.86. The number of methoxy groups -OCH3 is 1. The van der Waals surface area contributed by atoms with Gasteiger partial charge < -0.3 is 14.4 Å². The molecule has 0 aromatic heterocycles. The Morgan fingerprint density at radius 2 is 1.66 bits per heavy atom. The van der Waals surface area contributed by atoms with Crippen LogP contribution < -0.4 is 9.47 Å². The molecule has 2 fully saturated rings. The summed E-state index contributed by atoms with van der Waals surface area (Å²) >= 11 is 0. The van der Waals surface area contributed by atoms with E-state index in [-0.39, 0.29) is 18.1 Å². The zero-order valence-corrected chi connectivity index (χ0v) is 16.6. The zero-order chi connectivity index (χ0) is 21.1. The van der Waals surface area contributed by atoms with Gasteiger partial charge in [-0.2, -0.15) is 0 Å². The molecule has 9 nitrogen and oxygen atoms in total. The van der Waals surface area contributed by atoms with E-state index in [1.165, 1.54) is 27.3 Å². The number of ether oxygens (including phenoxy) is 2. The fourth-order valence-corrected chi connectivity index (χ4v) is 3.23. The van der Waals surface area contributed by atoms with Gasteiger partial charge in [0.2, 0.25) is 0 Å². The number of urea groups is 1. The lowest BCUT2D eigenvalue weighted by Crippen LogP contribution is -2.52. The number of carbonyl (C=O) groups excluding carboxylic acids is 4. The number of carbonyl (C=O) groups is 4. The molecule has 0 unspecified atom stereocenters. The molecule has 2 saturated heterocycles. The third kappa shape index (κ3) is 4.08. The molecule has 0 aliphatic carbocycles. The average Bonchev–Trinajstić information content (AvgIpc) is 3.27. The topological polar surface area (TPSA) is 96.5 Å². The van der Waals surface area contributed by atoms with Crippen LogP contribution in [-0.2, 0) is 14.4 Å². The third-order valence-corrected chi connectivity index (χ3v) is 4.95. The first-order valence-electron chi connectivity index (χ1n) is 9.24. The summed E-state index contributed by atoms with van der Waals surface area (Å²) in [5.74, 6) is -0.679. The molecular formula is C20H23N3O6. The molecule has 0 N–H and O–H groups in total. The Morgan fingerprint density at radius 1 is 1.03 bits per heavy atom. The molecule has 9 heteroatoms. The number of hydrogen-bond acceptors (Lipinski definition) is 6. The second-order valence-electron chi connectivity index (χ2n) is 6.86. The van der Waals surface area contributed by atoms with Gasteiger partial charge in [-0.05, 0) is 36.6 Å². The lowest BCUT2D eigenvalue weighted by atomic mass is 10.1. The highest BCUT2D eigenvalue weighted by Crippen LogP contribution is 2.30. The third-order valence-electron chi connectivity index (χ3n) is 4.95. The second kappa shape index (κ2) is 8.34. The predicted molar refractivity (Wildman–Crippen MR) is 103 cm³/mol. The maximum atomic E-state index is 12.3. The zero-order valence-electron chi connectivity index (χ0n) is 16.6. The van der Waals surface area contributed by atoms with Gasteiger partial charge in [0.15, 0.2) is 18.1 Å². The summed E-state index contributed by atoms with van der Waals surface area (Å²) in [6.07, 6.45) is 3.41. The summed E-state index contributed by atoms with van der Waals surface area (Å²) in [5, 5.41) is 0. The van der Waals surface area contributed by atoms with Crippen LogP contribution in [0.3, 0.4) is 0 Å². The molecular weight excluding hydrogens is 378 g/mol. The molecule has 2 heterocycles. The van der Waals surface area contributed by atoms with E-state index in [0.717, 1.165) is 35.7 Å². The molecule has 29 heavy (non-hydrogen) atoms. The fraction of sp³-hybridized carbons (Fsp3) is 0.400. The predicted octanol–water partition coefficient (Wildman–Crippen LogP) is 1.13. The SMILES string of the molecule is COc1cc(C=C2C(=O)N(C)C(=O)N(C)C2=O)ccc1OCC(=O)N1CCCC1. The van der Waals surface area contributed by atoms with Crippen LogP contribution in [0.2, 0.25) is 0 Å². The molecule has 0 spiro atoms. The highest BCUT2D eigenvalue weighted by Gasteiger charge is 2.37. The molecule has 3 rings (SSSR count). The number of hydrogen-bond donors (Lipinski definition) is 0. The van der Waals surface area contributed by atoms with Crippen LogP contribution in [-0.4, -0.2) is 79.4 Å². The van der Waals surface area contributed by atoms with Gasteiger partial charge in [0.05, 0.1) is 7.11 Å². The Bertz CT molecular complexity index is 862. The van der Waals surface area contributed by atoms with E-state index in [1.807, 2.05) is 0 Å². The summed E-state index contributed by atoms with van der Waals surface area (Å²) in [7, 11) is 4.09. The van der Waals surface area contributed by atoms with Crippen LogP contribution in [0.4, 0.5) is 4.79 Å². The molecule has 0 bridgehead atoms. The first kappa shape index (κ1) is 20.4. The van der Waals surface area contributed by atoms with E-state index in [4.69, 9.17) is 9.47 Å². The van der Waals surface area contributed by atoms with Gasteiger partial charge in [-0.25, -0.2) is 4.79 Å². The molecule has 1 aromatic carbocycles. The number of benzene rings is 1. The maximum absolute atomic E-state index is 12.3. The first-order valence-corrected chi connectivity index (χ1v) is 9.24. The van der Waals surface area contributed by atoms with Gasteiger partial charge in [-0.3, -0.25) is 24.2 Å². The average molecular weight is 401 g/mol. The van der Waals surface area contributed by atoms with E-state index < -0.39 is 17.8 Å². The van der Waals surface area contributed by atoms with Crippen molar-refractivity contribution in [2.24, 2.45) is 0 Å². The van der Waals surface area contributed by atoms with Crippen LogP contribution in [0.5, 0.6) is 11.5 Å². The summed E-state index contributed by atoms with van der Waals surface area (Å²) in [5.41, 5.74) is 0.391. The Morgan fingerprint density at radius 3 is 2.24 bits per heavy atom. The molecule has 2 aliphatic heterocycles. The highest BCUT2D eigenvalue weighted by atomic mass is 16.5. The van der Waals surface area contributed by atoms with Crippen molar-refractivity contribution in [2.75, 3.05) is 40.9 Å². The number of rotatable bonds is 5. The van der Waals surface area contributed by atoms with Gasteiger partial charge in [0.1, 0.15) is 5.57 Å². The van der Waals surface area contributed by atoms with Crippen LogP contribution in [0.1, 0.15) is 18.4 Å². The Hall–Kier alpha value is -3.36. The molecule has 2 aliphatic rings. The lowest BCUT2D eigenvalue weighted by Gasteiger charge is -2.28. The van der Waals surface area contributed by atoms with E-state index in [9.17, 15) is 19.2 Å². The Kier molecular flexibility index (Phi) is 5.86. The summed E-state index contributed by atoms with van der Waals surface area (Å²) < 4.78 is 10.9. The van der Waals surface area contributed by atoms with E-state index in [1.54, 1.807) is 23.1 Å². The monoisotopic (exact) mass is 401 g/mol. The smallest absolute Gasteiger partial charge is 0.333 e. The minimum atomic E-state index is -0.679. The molecule has 0 atom stereocenters. The van der Waals surface area contributed by atoms with Crippen molar-refractivity contribution >= 4 is 29.8 Å². The van der Waals surface area contributed by atoms with Crippen LogP contribution in [0.15, 0.2) is 23.8 Å². The molecule has 0 radical (unpaired) electrons. The van der Waals surface area contributed by atoms with E-state index in [2.05, 4.69) is 0 Å². The number of barbiturate groups is 1. The van der Waals surface area contributed by atoms with Crippen molar-refractivity contribution in [3.8, 4) is 11.5 Å². The highest BCUT2D eigenvalue weighted by molar-refractivity contribution is 6.30. The van der Waals surface area contributed by atoms with Gasteiger partial charge >= 0.3 is 6.03 Å². The summed E-state index contributed by atoms with van der Waals surface area (Å²) in [4.78, 5) is 52.1. The molecule has 0 saturated carbocycles. The minimum Gasteiger partial charge on any atom is -0.493 e. The number of likely N-dealkylation sites (N-methyl/N-ethyl adjacent to an activating group) is 2. The van der Waals surface area contributed by atoms with Crippen LogP contribution in [0.25, 0.3) is 6.08 Å². The van der Waals surface area contributed by atoms with Crippen molar-refractivity contribution < 1.29 is 28.7 Å². The van der Waals surface area contributed by atoms with E-state index >= 15 is 0 Å². The quantitative estimate of drug-likeness (QED) is 0.542. The molecule has 154 valence electrons. The fourth-order valence-electron chi connectivity index (χ4n) is 3.23. The van der Waals surface area contributed by atoms with Crippen LogP contribution >= 0.6 is 0 Å². The molecule has 1 aromatic rings. The maximum Gasteiger partial charge on any atom is 0.333 e.